The van der Waals surface area contributed by atoms with E-state index in [2.05, 4.69) is 29.8 Å². The molecule has 0 N–H and O–H groups in total. The van der Waals surface area contributed by atoms with E-state index in [1.54, 1.807) is 0 Å². The standard InChI is InChI=1S/C20H25N3O3/c1-14(2)20-21-16-12-23(8-7-18(16)26-20)19(24)13-22-9-10-25-17-6-4-3-5-15(17)11-22/h3-6,14H,7-13H2,1-2H3. The number of benzene rings is 1. The van der Waals surface area contributed by atoms with Crippen molar-refractivity contribution in [2.24, 2.45) is 0 Å². The van der Waals surface area contributed by atoms with Crippen molar-refractivity contribution in [3.05, 3.63) is 47.2 Å². The Morgan fingerprint density at radius 1 is 1.23 bits per heavy atom. The van der Waals surface area contributed by atoms with Crippen molar-refractivity contribution in [2.45, 2.75) is 39.3 Å². The van der Waals surface area contributed by atoms with Crippen LogP contribution in [-0.2, 0) is 24.3 Å². The Balaban J connectivity index is 1.41. The van der Waals surface area contributed by atoms with Crippen molar-refractivity contribution in [1.82, 2.24) is 14.8 Å². The number of rotatable bonds is 3. The highest BCUT2D eigenvalue weighted by Gasteiger charge is 2.27. The van der Waals surface area contributed by atoms with Crippen LogP contribution in [0.1, 0.15) is 42.7 Å². The van der Waals surface area contributed by atoms with E-state index >= 15 is 0 Å². The van der Waals surface area contributed by atoms with E-state index in [-0.39, 0.29) is 11.8 Å². The summed E-state index contributed by atoms with van der Waals surface area (Å²) in [4.78, 5) is 21.5. The first kappa shape index (κ1) is 17.1. The topological polar surface area (TPSA) is 58.8 Å². The van der Waals surface area contributed by atoms with E-state index in [0.29, 0.717) is 26.2 Å². The summed E-state index contributed by atoms with van der Waals surface area (Å²) in [5.74, 6) is 3.04. The summed E-state index contributed by atoms with van der Waals surface area (Å²) >= 11 is 0. The second-order valence-electron chi connectivity index (χ2n) is 7.31. The minimum atomic E-state index is 0.143. The highest BCUT2D eigenvalue weighted by Crippen LogP contribution is 2.25. The van der Waals surface area contributed by atoms with Crippen LogP contribution in [0.25, 0.3) is 0 Å². The lowest BCUT2D eigenvalue weighted by Crippen LogP contribution is -2.43. The fourth-order valence-electron chi connectivity index (χ4n) is 3.48. The third-order valence-electron chi connectivity index (χ3n) is 4.98. The van der Waals surface area contributed by atoms with E-state index in [9.17, 15) is 4.79 Å². The molecular weight excluding hydrogens is 330 g/mol. The molecule has 4 rings (SSSR count). The summed E-state index contributed by atoms with van der Waals surface area (Å²) in [6.07, 6.45) is 0.743. The van der Waals surface area contributed by atoms with Gasteiger partial charge in [0.25, 0.3) is 0 Å². The summed E-state index contributed by atoms with van der Waals surface area (Å²) in [5.41, 5.74) is 2.05. The maximum absolute atomic E-state index is 12.8. The zero-order valence-electron chi connectivity index (χ0n) is 15.4. The molecule has 0 unspecified atom stereocenters. The van der Waals surface area contributed by atoms with Gasteiger partial charge in [0.15, 0.2) is 5.89 Å². The number of oxazole rings is 1. The highest BCUT2D eigenvalue weighted by atomic mass is 16.5. The first-order valence-corrected chi connectivity index (χ1v) is 9.29. The number of hydrogen-bond donors (Lipinski definition) is 0. The number of carbonyl (C=O) groups excluding carboxylic acids is 1. The largest absolute Gasteiger partial charge is 0.492 e. The van der Waals surface area contributed by atoms with Gasteiger partial charge in [-0.2, -0.15) is 0 Å². The molecule has 6 heteroatoms. The molecule has 0 saturated carbocycles. The van der Waals surface area contributed by atoms with E-state index < -0.39 is 0 Å². The van der Waals surface area contributed by atoms with Gasteiger partial charge in [-0.25, -0.2) is 4.98 Å². The molecule has 0 radical (unpaired) electrons. The molecule has 0 bridgehead atoms. The zero-order chi connectivity index (χ0) is 18.1. The predicted octanol–water partition coefficient (Wildman–Crippen LogP) is 2.58. The molecule has 0 saturated heterocycles. The van der Waals surface area contributed by atoms with Crippen LogP contribution in [0.5, 0.6) is 5.75 Å². The molecule has 2 aromatic rings. The van der Waals surface area contributed by atoms with Crippen LogP contribution in [0.3, 0.4) is 0 Å². The van der Waals surface area contributed by atoms with Crippen molar-refractivity contribution in [1.29, 1.82) is 0 Å². The highest BCUT2D eigenvalue weighted by molar-refractivity contribution is 5.78. The second-order valence-corrected chi connectivity index (χ2v) is 7.31. The van der Waals surface area contributed by atoms with Crippen LogP contribution in [0.4, 0.5) is 0 Å². The molecule has 0 spiro atoms. The number of amides is 1. The van der Waals surface area contributed by atoms with Crippen LogP contribution < -0.4 is 4.74 Å². The Morgan fingerprint density at radius 2 is 2.08 bits per heavy atom. The smallest absolute Gasteiger partial charge is 0.237 e. The number of para-hydroxylation sites is 1. The lowest BCUT2D eigenvalue weighted by atomic mass is 10.1. The first-order chi connectivity index (χ1) is 12.6. The lowest BCUT2D eigenvalue weighted by Gasteiger charge is -2.28. The maximum atomic E-state index is 12.8. The Bertz CT molecular complexity index is 799. The average molecular weight is 355 g/mol. The van der Waals surface area contributed by atoms with Crippen molar-refractivity contribution < 1.29 is 13.9 Å². The van der Waals surface area contributed by atoms with Gasteiger partial charge < -0.3 is 14.1 Å². The van der Waals surface area contributed by atoms with Crippen LogP contribution in [0.15, 0.2) is 28.7 Å². The quantitative estimate of drug-likeness (QED) is 0.847. The average Bonchev–Trinajstić information content (AvgIpc) is 2.96. The molecule has 138 valence electrons. The minimum absolute atomic E-state index is 0.143. The summed E-state index contributed by atoms with van der Waals surface area (Å²) in [6, 6.07) is 8.04. The van der Waals surface area contributed by atoms with Crippen molar-refractivity contribution >= 4 is 5.91 Å². The number of aromatic nitrogens is 1. The SMILES string of the molecule is CC(C)c1nc2c(o1)CCN(C(=O)CN1CCOc3ccccc3C1)C2. The summed E-state index contributed by atoms with van der Waals surface area (Å²) in [6.45, 7) is 7.88. The Labute approximate surface area is 153 Å². The van der Waals surface area contributed by atoms with Gasteiger partial charge >= 0.3 is 0 Å². The molecule has 0 atom stereocenters. The van der Waals surface area contributed by atoms with Crippen LogP contribution in [0, 0.1) is 0 Å². The molecule has 2 aliphatic rings. The van der Waals surface area contributed by atoms with Gasteiger partial charge in [0.2, 0.25) is 5.91 Å². The van der Waals surface area contributed by atoms with Gasteiger partial charge in [-0.05, 0) is 6.07 Å². The number of fused-ring (bicyclic) bond motifs is 2. The first-order valence-electron chi connectivity index (χ1n) is 9.29. The van der Waals surface area contributed by atoms with Gasteiger partial charge in [0, 0.05) is 37.5 Å². The molecule has 2 aliphatic heterocycles. The molecule has 0 aliphatic carbocycles. The molecular formula is C20H25N3O3. The van der Waals surface area contributed by atoms with Crippen LogP contribution in [-0.4, -0.2) is 46.9 Å². The number of ether oxygens (including phenoxy) is 1. The number of nitrogens with zero attached hydrogens (tertiary/aromatic N) is 3. The fraction of sp³-hybridized carbons (Fsp3) is 0.500. The normalized spacial score (nSPS) is 17.4. The monoisotopic (exact) mass is 355 g/mol. The second kappa shape index (κ2) is 7.11. The van der Waals surface area contributed by atoms with Crippen LogP contribution >= 0.6 is 0 Å². The van der Waals surface area contributed by atoms with E-state index in [1.807, 2.05) is 23.1 Å². The molecule has 1 aromatic heterocycles. The van der Waals surface area contributed by atoms with Crippen molar-refractivity contribution in [2.75, 3.05) is 26.2 Å². The third kappa shape index (κ3) is 3.46. The van der Waals surface area contributed by atoms with Crippen molar-refractivity contribution in [3.8, 4) is 5.75 Å². The number of carbonyl (C=O) groups is 1. The summed E-state index contributed by atoms with van der Waals surface area (Å²) in [7, 11) is 0. The maximum Gasteiger partial charge on any atom is 0.237 e. The van der Waals surface area contributed by atoms with E-state index in [1.165, 1.54) is 0 Å². The van der Waals surface area contributed by atoms with Gasteiger partial charge in [0.1, 0.15) is 23.8 Å². The van der Waals surface area contributed by atoms with Gasteiger partial charge in [-0.1, -0.05) is 32.0 Å². The molecule has 26 heavy (non-hydrogen) atoms. The molecule has 1 aromatic carbocycles. The van der Waals surface area contributed by atoms with Crippen molar-refractivity contribution in [3.63, 3.8) is 0 Å². The molecule has 1 amide bonds. The minimum Gasteiger partial charge on any atom is -0.492 e. The van der Waals surface area contributed by atoms with E-state index in [4.69, 9.17) is 9.15 Å². The molecule has 3 heterocycles. The van der Waals surface area contributed by atoms with Crippen LogP contribution in [0.2, 0.25) is 0 Å². The molecule has 6 nitrogen and oxygen atoms in total. The van der Waals surface area contributed by atoms with Gasteiger partial charge in [0.05, 0.1) is 13.1 Å². The number of hydrogen-bond acceptors (Lipinski definition) is 5. The van der Waals surface area contributed by atoms with Gasteiger partial charge in [-0.15, -0.1) is 0 Å². The predicted molar refractivity (Wildman–Crippen MR) is 96.9 cm³/mol. The Morgan fingerprint density at radius 3 is 2.92 bits per heavy atom. The van der Waals surface area contributed by atoms with E-state index in [0.717, 1.165) is 48.2 Å². The Hall–Kier alpha value is -2.34. The summed E-state index contributed by atoms with van der Waals surface area (Å²) in [5, 5.41) is 0. The third-order valence-corrected chi connectivity index (χ3v) is 4.98. The zero-order valence-corrected chi connectivity index (χ0v) is 15.4. The summed E-state index contributed by atoms with van der Waals surface area (Å²) < 4.78 is 11.6. The Kier molecular flexibility index (Phi) is 4.68. The lowest BCUT2D eigenvalue weighted by molar-refractivity contribution is -0.133. The fourth-order valence-corrected chi connectivity index (χ4v) is 3.48. The van der Waals surface area contributed by atoms with Gasteiger partial charge in [-0.3, -0.25) is 9.69 Å². The molecule has 0 fully saturated rings.